The molecule has 4 atom stereocenters. The predicted molar refractivity (Wildman–Crippen MR) is 106 cm³/mol. The molecule has 1 aromatic heterocycles. The van der Waals surface area contributed by atoms with Crippen molar-refractivity contribution >= 4 is 11.8 Å². The number of hydrogen-bond donors (Lipinski definition) is 2. The van der Waals surface area contributed by atoms with Crippen LogP contribution in [0.2, 0.25) is 0 Å². The highest BCUT2D eigenvalue weighted by molar-refractivity contribution is 5.92. The van der Waals surface area contributed by atoms with Crippen molar-refractivity contribution in [2.45, 2.75) is 44.2 Å². The first-order chi connectivity index (χ1) is 13.7. The number of likely N-dealkylation sites (tertiary alicyclic amines) is 1. The van der Waals surface area contributed by atoms with E-state index in [9.17, 15) is 9.59 Å². The average molecular weight is 389 g/mol. The molecule has 2 bridgehead atoms. The van der Waals surface area contributed by atoms with Gasteiger partial charge in [-0.3, -0.25) is 14.5 Å². The number of ether oxygens (including phenoxy) is 1. The second-order valence-corrected chi connectivity index (χ2v) is 8.46. The second kappa shape index (κ2) is 8.66. The molecule has 0 unspecified atom stereocenters. The van der Waals surface area contributed by atoms with Crippen molar-refractivity contribution in [1.82, 2.24) is 20.1 Å². The van der Waals surface area contributed by atoms with Crippen molar-refractivity contribution in [1.29, 1.82) is 0 Å². The summed E-state index contributed by atoms with van der Waals surface area (Å²) in [4.78, 5) is 32.8. The van der Waals surface area contributed by atoms with E-state index in [4.69, 9.17) is 4.74 Å². The summed E-state index contributed by atoms with van der Waals surface area (Å²) in [5.74, 6) is 1.10. The van der Waals surface area contributed by atoms with E-state index in [-0.39, 0.29) is 11.8 Å². The standard InChI is InChI=1S/C21H32N4O3/c1-28-10-7-20(26)23-12-19-16-11-15(18-6-2-3-9-25(18)19)13-24(14-16)21(27)17-5-4-8-22-17/h4-5,8,15-16,18-19,22H,2-3,6-7,9-14H2,1H3,(H,23,26)/t15-,16+,18+,19+/m1/s1. The van der Waals surface area contributed by atoms with E-state index in [1.807, 2.05) is 17.0 Å². The highest BCUT2D eigenvalue weighted by atomic mass is 16.5. The summed E-state index contributed by atoms with van der Waals surface area (Å²) in [7, 11) is 1.62. The highest BCUT2D eigenvalue weighted by Gasteiger charge is 2.47. The molecule has 3 fully saturated rings. The van der Waals surface area contributed by atoms with E-state index in [1.165, 1.54) is 19.3 Å². The first-order valence-corrected chi connectivity index (χ1v) is 10.6. The molecular weight excluding hydrogens is 356 g/mol. The molecule has 4 heterocycles. The van der Waals surface area contributed by atoms with E-state index in [1.54, 1.807) is 13.3 Å². The van der Waals surface area contributed by atoms with Gasteiger partial charge in [-0.1, -0.05) is 6.42 Å². The fraction of sp³-hybridized carbons (Fsp3) is 0.714. The van der Waals surface area contributed by atoms with Crippen LogP contribution >= 0.6 is 0 Å². The summed E-state index contributed by atoms with van der Waals surface area (Å²) in [5.41, 5.74) is 0.671. The van der Waals surface area contributed by atoms with E-state index >= 15 is 0 Å². The van der Waals surface area contributed by atoms with Crippen LogP contribution in [-0.4, -0.2) is 78.6 Å². The lowest BCUT2D eigenvalue weighted by molar-refractivity contribution is -0.123. The van der Waals surface area contributed by atoms with Crippen LogP contribution < -0.4 is 5.32 Å². The van der Waals surface area contributed by atoms with Crippen molar-refractivity contribution in [3.8, 4) is 0 Å². The van der Waals surface area contributed by atoms with Gasteiger partial charge in [0.2, 0.25) is 5.91 Å². The number of fused-ring (bicyclic) bond motifs is 4. The molecule has 3 saturated heterocycles. The van der Waals surface area contributed by atoms with Crippen LogP contribution in [0.25, 0.3) is 0 Å². The van der Waals surface area contributed by atoms with Crippen LogP contribution in [0.1, 0.15) is 42.6 Å². The fourth-order valence-electron chi connectivity index (χ4n) is 5.49. The third kappa shape index (κ3) is 3.96. The molecule has 154 valence electrons. The molecule has 0 aliphatic carbocycles. The molecule has 7 heteroatoms. The molecule has 1 aromatic rings. The second-order valence-electron chi connectivity index (χ2n) is 8.46. The summed E-state index contributed by atoms with van der Waals surface area (Å²) in [6.45, 7) is 3.85. The molecule has 28 heavy (non-hydrogen) atoms. The zero-order valence-electron chi connectivity index (χ0n) is 16.7. The Morgan fingerprint density at radius 3 is 2.93 bits per heavy atom. The van der Waals surface area contributed by atoms with E-state index in [0.717, 1.165) is 26.1 Å². The summed E-state index contributed by atoms with van der Waals surface area (Å²) in [6, 6.07) is 4.57. The van der Waals surface area contributed by atoms with Gasteiger partial charge in [-0.25, -0.2) is 0 Å². The van der Waals surface area contributed by atoms with Gasteiger partial charge in [-0.2, -0.15) is 0 Å². The fourth-order valence-corrected chi connectivity index (χ4v) is 5.49. The molecule has 2 amide bonds. The summed E-state index contributed by atoms with van der Waals surface area (Å²) in [6.07, 6.45) is 7.07. The number of H-pyrrole nitrogens is 1. The lowest BCUT2D eigenvalue weighted by atomic mass is 9.72. The molecule has 0 spiro atoms. The Labute approximate surface area is 166 Å². The maximum absolute atomic E-state index is 12.9. The van der Waals surface area contributed by atoms with Crippen LogP contribution in [0.5, 0.6) is 0 Å². The molecule has 0 saturated carbocycles. The molecule has 2 N–H and O–H groups in total. The maximum Gasteiger partial charge on any atom is 0.270 e. The minimum Gasteiger partial charge on any atom is -0.384 e. The normalized spacial score (nSPS) is 30.0. The van der Waals surface area contributed by atoms with Crippen molar-refractivity contribution < 1.29 is 14.3 Å². The van der Waals surface area contributed by atoms with Gasteiger partial charge in [-0.05, 0) is 49.8 Å². The number of aromatic nitrogens is 1. The third-order valence-electron chi connectivity index (χ3n) is 6.78. The first kappa shape index (κ1) is 19.5. The van der Waals surface area contributed by atoms with Crippen molar-refractivity contribution in [2.24, 2.45) is 11.8 Å². The van der Waals surface area contributed by atoms with E-state index in [2.05, 4.69) is 15.2 Å². The van der Waals surface area contributed by atoms with Crippen LogP contribution in [0.3, 0.4) is 0 Å². The summed E-state index contributed by atoms with van der Waals surface area (Å²) >= 11 is 0. The molecule has 0 radical (unpaired) electrons. The van der Waals surface area contributed by atoms with Crippen LogP contribution in [0, 0.1) is 11.8 Å². The van der Waals surface area contributed by atoms with Crippen molar-refractivity contribution in [3.05, 3.63) is 24.0 Å². The molecule has 7 nitrogen and oxygen atoms in total. The monoisotopic (exact) mass is 388 g/mol. The molecule has 0 aromatic carbocycles. The SMILES string of the molecule is COCCC(=O)NC[C@H]1[C@H]2C[C@H](CN(C(=O)c3ccc[nH]3)C2)[C@@H]2CCCCN21. The maximum atomic E-state index is 12.9. The molecule has 3 aliphatic heterocycles. The highest BCUT2D eigenvalue weighted by Crippen LogP contribution is 2.41. The Morgan fingerprint density at radius 1 is 1.29 bits per heavy atom. The number of nitrogens with one attached hydrogen (secondary N) is 2. The number of amides is 2. The smallest absolute Gasteiger partial charge is 0.270 e. The Bertz CT molecular complexity index is 677. The zero-order chi connectivity index (χ0) is 19.5. The van der Waals surface area contributed by atoms with Crippen LogP contribution in [-0.2, 0) is 9.53 Å². The topological polar surface area (TPSA) is 77.7 Å². The van der Waals surface area contributed by atoms with Gasteiger partial charge in [0.25, 0.3) is 5.91 Å². The number of nitrogens with zero attached hydrogens (tertiary/aromatic N) is 2. The number of rotatable bonds is 6. The van der Waals surface area contributed by atoms with Crippen LogP contribution in [0.15, 0.2) is 18.3 Å². The lowest BCUT2D eigenvalue weighted by Gasteiger charge is -2.56. The molecule has 4 rings (SSSR count). The van der Waals surface area contributed by atoms with E-state index in [0.29, 0.717) is 49.2 Å². The number of methoxy groups -OCH3 is 1. The Balaban J connectivity index is 1.47. The van der Waals surface area contributed by atoms with Crippen molar-refractivity contribution in [3.63, 3.8) is 0 Å². The van der Waals surface area contributed by atoms with Gasteiger partial charge in [0, 0.05) is 51.4 Å². The average Bonchev–Trinajstić information content (AvgIpc) is 3.26. The first-order valence-electron chi connectivity index (χ1n) is 10.6. The Morgan fingerprint density at radius 2 is 2.14 bits per heavy atom. The van der Waals surface area contributed by atoms with Gasteiger partial charge >= 0.3 is 0 Å². The Kier molecular flexibility index (Phi) is 6.01. The van der Waals surface area contributed by atoms with Crippen LogP contribution in [0.4, 0.5) is 0 Å². The number of carbonyl (C=O) groups is 2. The zero-order valence-corrected chi connectivity index (χ0v) is 16.7. The van der Waals surface area contributed by atoms with Crippen molar-refractivity contribution in [2.75, 3.05) is 39.9 Å². The largest absolute Gasteiger partial charge is 0.384 e. The molecule has 3 aliphatic rings. The minimum absolute atomic E-state index is 0.0488. The quantitative estimate of drug-likeness (QED) is 0.774. The van der Waals surface area contributed by atoms with Gasteiger partial charge in [0.1, 0.15) is 5.69 Å². The van der Waals surface area contributed by atoms with Gasteiger partial charge in [0.05, 0.1) is 6.61 Å². The Hall–Kier alpha value is -1.86. The number of carbonyl (C=O) groups excluding carboxylic acids is 2. The summed E-state index contributed by atoms with van der Waals surface area (Å²) in [5, 5.41) is 3.12. The predicted octanol–water partition coefficient (Wildman–Crippen LogP) is 1.48. The minimum atomic E-state index is 0.0488. The number of hydrogen-bond acceptors (Lipinski definition) is 4. The van der Waals surface area contributed by atoms with Gasteiger partial charge < -0.3 is 19.9 Å². The van der Waals surface area contributed by atoms with Gasteiger partial charge in [-0.15, -0.1) is 0 Å². The van der Waals surface area contributed by atoms with Gasteiger partial charge in [0.15, 0.2) is 0 Å². The van der Waals surface area contributed by atoms with E-state index < -0.39 is 0 Å². The lowest BCUT2D eigenvalue weighted by Crippen LogP contribution is -2.66. The molecular formula is C21H32N4O3. The number of piperidine rings is 3. The summed E-state index contributed by atoms with van der Waals surface area (Å²) < 4.78 is 5.01. The third-order valence-corrected chi connectivity index (χ3v) is 6.78. The number of aromatic amines is 1.